The molecule has 0 aliphatic rings. The van der Waals surface area contributed by atoms with Crippen LogP contribution in [0.1, 0.15) is 303 Å². The molecule has 0 aliphatic heterocycles. The molecule has 5 unspecified atom stereocenters. The Hall–Kier alpha value is -4.31. The van der Waals surface area contributed by atoms with E-state index >= 15 is 0 Å². The topological polar surface area (TPSA) is 231 Å². The SMILES string of the molecule is CC/C=C\C/C=C\C/C=C\C/C=C\C/C=C\C/C=C\CCCCCCC(=O)OCC(COP(=O)(O)OCC(O)COP(=O)(O)OCC(O)COC(=O)CCCCCCCCCCCCC/C=C\C/C=C\C/C=C\C/C=C\CCCCC)OC(=O)CCCCCCC/C=C\CCCCCC. The lowest BCUT2D eigenvalue weighted by Crippen LogP contribution is -2.30. The maximum absolute atomic E-state index is 12.9. The van der Waals surface area contributed by atoms with Gasteiger partial charge in [0.15, 0.2) is 6.10 Å². The molecule has 0 heterocycles. The first kappa shape index (κ1) is 94.7. The Morgan fingerprint density at radius 2 is 0.535 bits per heavy atom. The van der Waals surface area contributed by atoms with E-state index in [1.54, 1.807) is 0 Å². The van der Waals surface area contributed by atoms with Crippen LogP contribution in [0.4, 0.5) is 0 Å². The highest BCUT2D eigenvalue weighted by atomic mass is 31.2. The van der Waals surface area contributed by atoms with Gasteiger partial charge in [-0.1, -0.05) is 276 Å². The van der Waals surface area contributed by atoms with Gasteiger partial charge in [-0.2, -0.15) is 0 Å². The standard InChI is InChI=1S/C81H138O16P2/c1-4-7-10-13-16-19-22-25-27-29-31-33-35-36-37-38-40-42-43-45-47-50-52-55-58-61-64-67-79(84)91-70-76(82)71-93-98(87,88)94-72-77(83)73-95-99(89,90)96-75-78(97-81(86)69-66-63-60-57-54-49-24-21-18-15-12-9-6-3)74-92-80(85)68-65-62-59-56-53-51-48-46-44-41-39-34-32-30-28-26-23-20-17-14-11-8-5-2/h8,11,16-17,19-21,24-28,31-34,36-37,41,44,48,51,76-78,82-83H,4-7,9-10,12-15,18,22-23,29-30,35,38-40,42-43,45-47,49-50,52-75H2,1-3H3,(H,87,88)(H,89,90)/b11-8-,19-16-,20-17-,24-21-,27-25-,28-26-,33-31-,34-32-,37-36-,44-41-,51-48-. The fourth-order valence-corrected chi connectivity index (χ4v) is 11.5. The number of hydrogen-bond donors (Lipinski definition) is 4. The van der Waals surface area contributed by atoms with Gasteiger partial charge in [-0.3, -0.25) is 32.5 Å². The van der Waals surface area contributed by atoms with E-state index in [1.165, 1.54) is 96.3 Å². The predicted molar refractivity (Wildman–Crippen MR) is 408 cm³/mol. The fourth-order valence-electron chi connectivity index (χ4n) is 9.96. The summed E-state index contributed by atoms with van der Waals surface area (Å²) in [5.74, 6) is -1.62. The van der Waals surface area contributed by atoms with Gasteiger partial charge >= 0.3 is 33.6 Å². The van der Waals surface area contributed by atoms with Gasteiger partial charge in [0.05, 0.1) is 26.4 Å². The Bertz CT molecular complexity index is 2330. The van der Waals surface area contributed by atoms with E-state index in [0.717, 1.165) is 148 Å². The Balaban J connectivity index is 4.57. The lowest BCUT2D eigenvalue weighted by Gasteiger charge is -2.21. The number of hydrogen-bond acceptors (Lipinski definition) is 14. The number of phosphoric acid groups is 2. The van der Waals surface area contributed by atoms with Gasteiger partial charge in [-0.15, -0.1) is 0 Å². The monoisotopic (exact) mass is 1430 g/mol. The molecule has 0 aliphatic carbocycles. The Morgan fingerprint density at radius 1 is 0.293 bits per heavy atom. The molecule has 4 N–H and O–H groups in total. The molecule has 0 fully saturated rings. The quantitative estimate of drug-likeness (QED) is 0.0146. The van der Waals surface area contributed by atoms with Crippen LogP contribution in [0.25, 0.3) is 0 Å². The highest BCUT2D eigenvalue weighted by Crippen LogP contribution is 2.45. The fraction of sp³-hybridized carbons (Fsp3) is 0.691. The number of allylic oxidation sites excluding steroid dienone is 22. The maximum atomic E-state index is 12.9. The number of aliphatic hydroxyl groups is 2. The molecule has 0 amide bonds. The van der Waals surface area contributed by atoms with Crippen molar-refractivity contribution in [3.63, 3.8) is 0 Å². The molecule has 568 valence electrons. The number of carbonyl (C=O) groups is 3. The normalized spacial score (nSPS) is 14.8. The van der Waals surface area contributed by atoms with Crippen LogP contribution in [-0.2, 0) is 55.8 Å². The van der Waals surface area contributed by atoms with Crippen LogP contribution in [0.15, 0.2) is 134 Å². The zero-order valence-electron chi connectivity index (χ0n) is 61.9. The molecular weight excluding hydrogens is 1290 g/mol. The summed E-state index contributed by atoms with van der Waals surface area (Å²) in [7, 11) is -9.80. The van der Waals surface area contributed by atoms with Crippen LogP contribution in [0.5, 0.6) is 0 Å². The van der Waals surface area contributed by atoms with Crippen molar-refractivity contribution in [3.8, 4) is 0 Å². The summed E-state index contributed by atoms with van der Waals surface area (Å²) in [6.45, 7) is 2.48. The van der Waals surface area contributed by atoms with Crippen molar-refractivity contribution in [2.75, 3.05) is 39.6 Å². The van der Waals surface area contributed by atoms with E-state index in [-0.39, 0.29) is 19.3 Å². The summed E-state index contributed by atoms with van der Waals surface area (Å²) in [4.78, 5) is 58.6. The number of carbonyl (C=O) groups excluding carboxylic acids is 3. The lowest BCUT2D eigenvalue weighted by molar-refractivity contribution is -0.161. The third kappa shape index (κ3) is 74.7. The Labute approximate surface area is 601 Å². The van der Waals surface area contributed by atoms with Gasteiger partial charge in [-0.25, -0.2) is 9.13 Å². The second-order valence-corrected chi connectivity index (χ2v) is 28.3. The molecule has 0 saturated heterocycles. The van der Waals surface area contributed by atoms with Crippen molar-refractivity contribution in [1.29, 1.82) is 0 Å². The zero-order valence-corrected chi connectivity index (χ0v) is 63.7. The molecule has 99 heavy (non-hydrogen) atoms. The molecular formula is C81H138O16P2. The second kappa shape index (κ2) is 73.4. The second-order valence-electron chi connectivity index (χ2n) is 25.4. The van der Waals surface area contributed by atoms with Crippen molar-refractivity contribution < 1.29 is 75.8 Å². The average molecular weight is 1430 g/mol. The number of rotatable bonds is 72. The molecule has 0 radical (unpaired) electrons. The largest absolute Gasteiger partial charge is 0.472 e. The van der Waals surface area contributed by atoms with Crippen LogP contribution in [0, 0.1) is 0 Å². The van der Waals surface area contributed by atoms with Crippen molar-refractivity contribution in [2.45, 2.75) is 322 Å². The summed E-state index contributed by atoms with van der Waals surface area (Å²) in [6, 6.07) is 0. The highest BCUT2D eigenvalue weighted by Gasteiger charge is 2.29. The smallest absolute Gasteiger partial charge is 0.463 e. The summed E-state index contributed by atoms with van der Waals surface area (Å²) in [5, 5.41) is 20.6. The van der Waals surface area contributed by atoms with Crippen LogP contribution in [0.3, 0.4) is 0 Å². The molecule has 0 spiro atoms. The highest BCUT2D eigenvalue weighted by molar-refractivity contribution is 7.47. The summed E-state index contributed by atoms with van der Waals surface area (Å²) >= 11 is 0. The van der Waals surface area contributed by atoms with E-state index in [4.69, 9.17) is 32.3 Å². The van der Waals surface area contributed by atoms with E-state index in [0.29, 0.717) is 19.3 Å². The van der Waals surface area contributed by atoms with Crippen LogP contribution in [-0.4, -0.2) is 95.9 Å². The Morgan fingerprint density at radius 3 is 0.879 bits per heavy atom. The summed E-state index contributed by atoms with van der Waals surface area (Å²) in [5.41, 5.74) is 0. The number of ether oxygens (including phenoxy) is 3. The number of aliphatic hydroxyl groups excluding tert-OH is 2. The van der Waals surface area contributed by atoms with Crippen molar-refractivity contribution in [3.05, 3.63) is 134 Å². The number of unbranched alkanes of at least 4 members (excludes halogenated alkanes) is 27. The van der Waals surface area contributed by atoms with Gasteiger partial charge in [0, 0.05) is 19.3 Å². The summed E-state index contributed by atoms with van der Waals surface area (Å²) < 4.78 is 61.0. The molecule has 5 atom stereocenters. The molecule has 0 bridgehead atoms. The minimum Gasteiger partial charge on any atom is -0.463 e. The van der Waals surface area contributed by atoms with E-state index in [9.17, 15) is 43.5 Å². The average Bonchev–Trinajstić information content (AvgIpc) is 1.02. The number of esters is 3. The van der Waals surface area contributed by atoms with Gasteiger partial charge in [0.25, 0.3) is 0 Å². The molecule has 18 heteroatoms. The van der Waals surface area contributed by atoms with Crippen molar-refractivity contribution in [1.82, 2.24) is 0 Å². The summed E-state index contributed by atoms with van der Waals surface area (Å²) in [6.07, 6.45) is 87.9. The van der Waals surface area contributed by atoms with Crippen LogP contribution >= 0.6 is 15.6 Å². The minimum absolute atomic E-state index is 0.0852. The first-order chi connectivity index (χ1) is 48.2. The third-order valence-corrected chi connectivity index (χ3v) is 17.7. The number of phosphoric ester groups is 2. The predicted octanol–water partition coefficient (Wildman–Crippen LogP) is 22.3. The zero-order chi connectivity index (χ0) is 72.3. The molecule has 0 aromatic heterocycles. The van der Waals surface area contributed by atoms with Crippen molar-refractivity contribution >= 4 is 33.6 Å². The molecule has 0 aromatic rings. The third-order valence-electron chi connectivity index (χ3n) is 15.8. The van der Waals surface area contributed by atoms with E-state index in [2.05, 4.69) is 154 Å². The van der Waals surface area contributed by atoms with Gasteiger partial charge in [0.1, 0.15) is 25.4 Å². The lowest BCUT2D eigenvalue weighted by atomic mass is 10.0. The van der Waals surface area contributed by atoms with Gasteiger partial charge < -0.3 is 34.2 Å². The minimum atomic E-state index is -4.94. The first-order valence-corrected chi connectivity index (χ1v) is 41.5. The van der Waals surface area contributed by atoms with E-state index < -0.39 is 91.5 Å². The van der Waals surface area contributed by atoms with Gasteiger partial charge in [0.2, 0.25) is 0 Å². The molecule has 0 rings (SSSR count). The van der Waals surface area contributed by atoms with Crippen LogP contribution < -0.4 is 0 Å². The maximum Gasteiger partial charge on any atom is 0.472 e. The van der Waals surface area contributed by atoms with Crippen molar-refractivity contribution in [2.24, 2.45) is 0 Å². The molecule has 0 saturated carbocycles. The van der Waals surface area contributed by atoms with Gasteiger partial charge in [-0.05, 0) is 141 Å². The van der Waals surface area contributed by atoms with Crippen LogP contribution in [0.2, 0.25) is 0 Å². The molecule has 0 aromatic carbocycles. The Kier molecular flexibility index (Phi) is 70.2. The van der Waals surface area contributed by atoms with E-state index in [1.807, 2.05) is 0 Å². The molecule has 16 nitrogen and oxygen atoms in total. The first-order valence-electron chi connectivity index (χ1n) is 38.5.